The lowest BCUT2D eigenvalue weighted by molar-refractivity contribution is 0.848. The monoisotopic (exact) mass is 308 g/mol. The largest absolute Gasteiger partial charge is 0.353 e. The molecule has 0 fully saturated rings. The zero-order chi connectivity index (χ0) is 13.1. The second-order valence-electron chi connectivity index (χ2n) is 4.00. The zero-order valence-electron chi connectivity index (χ0n) is 10.1. The Kier molecular flexibility index (Phi) is 3.76. The Morgan fingerprint density at radius 1 is 1.44 bits per heavy atom. The van der Waals surface area contributed by atoms with Crippen molar-refractivity contribution in [3.63, 3.8) is 0 Å². The minimum Gasteiger partial charge on any atom is -0.353 e. The summed E-state index contributed by atoms with van der Waals surface area (Å²) < 4.78 is 0.431. The van der Waals surface area contributed by atoms with Crippen LogP contribution in [0.25, 0.3) is 0 Å². The second kappa shape index (κ2) is 5.30. The number of hydrogen-bond donors (Lipinski definition) is 1. The number of nitrogens with zero attached hydrogens (tertiary/aromatic N) is 3. The van der Waals surface area contributed by atoms with Gasteiger partial charge in [0, 0.05) is 12.7 Å². The molecule has 2 aromatic heterocycles. The average molecular weight is 309 g/mol. The van der Waals surface area contributed by atoms with Crippen molar-refractivity contribution < 1.29 is 0 Å². The predicted molar refractivity (Wildman–Crippen MR) is 73.6 cm³/mol. The molecule has 0 atom stereocenters. The number of halogens is 1. The second-order valence-corrected chi connectivity index (χ2v) is 4.79. The number of aromatic amines is 1. The summed E-state index contributed by atoms with van der Waals surface area (Å²) in [5.41, 5.74) is 1.72. The third-order valence-corrected chi connectivity index (χ3v) is 3.20. The van der Waals surface area contributed by atoms with Gasteiger partial charge in [-0.1, -0.05) is 6.07 Å². The Morgan fingerprint density at radius 2 is 2.22 bits per heavy atom. The minimum atomic E-state index is -0.191. The van der Waals surface area contributed by atoms with Crippen molar-refractivity contribution in [1.82, 2.24) is 15.0 Å². The van der Waals surface area contributed by atoms with Crippen LogP contribution < -0.4 is 10.5 Å². The maximum absolute atomic E-state index is 11.5. The Balaban J connectivity index is 2.25. The van der Waals surface area contributed by atoms with Gasteiger partial charge in [0.15, 0.2) is 0 Å². The minimum absolute atomic E-state index is 0.191. The zero-order valence-corrected chi connectivity index (χ0v) is 11.7. The molecule has 1 N–H and O–H groups in total. The lowest BCUT2D eigenvalue weighted by Gasteiger charge is -2.18. The number of H-pyrrole nitrogens is 1. The molecule has 0 unspecified atom stereocenters. The number of anilines is 1. The van der Waals surface area contributed by atoms with Gasteiger partial charge in [-0.15, -0.1) is 0 Å². The molecule has 0 radical (unpaired) electrons. The summed E-state index contributed by atoms with van der Waals surface area (Å²) in [6.45, 7) is 2.54. The molecule has 94 valence electrons. The lowest BCUT2D eigenvalue weighted by Crippen LogP contribution is -2.22. The summed E-state index contributed by atoms with van der Waals surface area (Å²) in [5.74, 6) is 0.599. The van der Waals surface area contributed by atoms with Crippen molar-refractivity contribution in [3.8, 4) is 0 Å². The maximum atomic E-state index is 11.5. The molecular formula is C12H13BrN4O. The number of aryl methyl sites for hydroxylation is 1. The summed E-state index contributed by atoms with van der Waals surface area (Å²) in [7, 11) is 1.87. The first-order chi connectivity index (χ1) is 8.58. The van der Waals surface area contributed by atoms with Gasteiger partial charge in [0.1, 0.15) is 10.3 Å². The van der Waals surface area contributed by atoms with E-state index in [2.05, 4.69) is 30.9 Å². The first kappa shape index (κ1) is 12.8. The summed E-state index contributed by atoms with van der Waals surface area (Å²) >= 11 is 3.24. The first-order valence-corrected chi connectivity index (χ1v) is 6.24. The molecule has 0 amide bonds. The van der Waals surface area contributed by atoms with Crippen LogP contribution in [0.1, 0.15) is 11.4 Å². The van der Waals surface area contributed by atoms with E-state index in [1.54, 1.807) is 0 Å². The van der Waals surface area contributed by atoms with E-state index in [4.69, 9.17) is 0 Å². The molecule has 0 saturated carbocycles. The van der Waals surface area contributed by atoms with Gasteiger partial charge < -0.3 is 9.88 Å². The molecule has 0 spiro atoms. The Hall–Kier alpha value is -1.69. The van der Waals surface area contributed by atoms with E-state index in [0.29, 0.717) is 16.8 Å². The molecule has 0 aliphatic heterocycles. The average Bonchev–Trinajstić information content (AvgIpc) is 2.32. The van der Waals surface area contributed by atoms with Crippen molar-refractivity contribution in [2.45, 2.75) is 13.5 Å². The van der Waals surface area contributed by atoms with Crippen LogP contribution >= 0.6 is 15.9 Å². The predicted octanol–water partition coefficient (Wildman–Crippen LogP) is 1.87. The topological polar surface area (TPSA) is 61.9 Å². The molecule has 0 aliphatic rings. The van der Waals surface area contributed by atoms with Crippen molar-refractivity contribution in [3.05, 3.63) is 50.7 Å². The highest BCUT2D eigenvalue weighted by Gasteiger charge is 2.11. The molecule has 18 heavy (non-hydrogen) atoms. The van der Waals surface area contributed by atoms with Crippen molar-refractivity contribution in [2.24, 2.45) is 0 Å². The van der Waals surface area contributed by atoms with Crippen LogP contribution in [0.3, 0.4) is 0 Å². The fourth-order valence-corrected chi connectivity index (χ4v) is 2.16. The van der Waals surface area contributed by atoms with Crippen LogP contribution in [-0.4, -0.2) is 22.0 Å². The highest BCUT2D eigenvalue weighted by molar-refractivity contribution is 9.10. The number of aromatic nitrogens is 3. The highest BCUT2D eigenvalue weighted by atomic mass is 79.9. The van der Waals surface area contributed by atoms with Gasteiger partial charge in [-0.3, -0.25) is 9.78 Å². The molecular weight excluding hydrogens is 296 g/mol. The van der Waals surface area contributed by atoms with Gasteiger partial charge in [-0.05, 0) is 35.0 Å². The van der Waals surface area contributed by atoms with Crippen LogP contribution in [0, 0.1) is 6.92 Å². The van der Waals surface area contributed by atoms with E-state index in [1.807, 2.05) is 37.1 Å². The number of pyridine rings is 1. The first-order valence-electron chi connectivity index (χ1n) is 5.45. The van der Waals surface area contributed by atoms with E-state index < -0.39 is 0 Å². The number of hydrogen-bond acceptors (Lipinski definition) is 4. The fourth-order valence-electron chi connectivity index (χ4n) is 1.65. The number of rotatable bonds is 3. The maximum Gasteiger partial charge on any atom is 0.267 e. The van der Waals surface area contributed by atoms with Crippen molar-refractivity contribution >= 4 is 21.7 Å². The van der Waals surface area contributed by atoms with Crippen LogP contribution in [0.4, 0.5) is 5.82 Å². The van der Waals surface area contributed by atoms with Crippen LogP contribution in [0.5, 0.6) is 0 Å². The molecule has 0 aromatic carbocycles. The van der Waals surface area contributed by atoms with Gasteiger partial charge in [-0.25, -0.2) is 4.98 Å². The van der Waals surface area contributed by atoms with E-state index in [0.717, 1.165) is 11.4 Å². The third kappa shape index (κ3) is 2.76. The Morgan fingerprint density at radius 3 is 2.94 bits per heavy atom. The van der Waals surface area contributed by atoms with Gasteiger partial charge in [0.2, 0.25) is 0 Å². The third-order valence-electron chi connectivity index (χ3n) is 2.48. The van der Waals surface area contributed by atoms with Gasteiger partial charge in [0.25, 0.3) is 5.56 Å². The fraction of sp³-hybridized carbons (Fsp3) is 0.250. The van der Waals surface area contributed by atoms with Gasteiger partial charge >= 0.3 is 0 Å². The molecule has 0 saturated heterocycles. The molecule has 0 bridgehead atoms. The summed E-state index contributed by atoms with van der Waals surface area (Å²) in [5, 5.41) is 0. The van der Waals surface area contributed by atoms with Crippen molar-refractivity contribution in [2.75, 3.05) is 11.9 Å². The van der Waals surface area contributed by atoms with E-state index in [-0.39, 0.29) is 5.56 Å². The van der Waals surface area contributed by atoms with Crippen LogP contribution in [0.15, 0.2) is 33.8 Å². The van der Waals surface area contributed by atoms with Gasteiger partial charge in [-0.2, -0.15) is 0 Å². The molecule has 6 heteroatoms. The smallest absolute Gasteiger partial charge is 0.267 e. The molecule has 2 aromatic rings. The highest BCUT2D eigenvalue weighted by Crippen LogP contribution is 2.18. The Labute approximate surface area is 113 Å². The normalized spacial score (nSPS) is 10.4. The quantitative estimate of drug-likeness (QED) is 0.940. The van der Waals surface area contributed by atoms with E-state index in [1.165, 1.54) is 6.33 Å². The molecule has 2 rings (SSSR count). The SMILES string of the molecule is Cc1cccc(CN(C)c2nc[nH]c(=O)c2Br)n1. The molecule has 0 aliphatic carbocycles. The van der Waals surface area contributed by atoms with Crippen molar-refractivity contribution in [1.29, 1.82) is 0 Å². The van der Waals surface area contributed by atoms with Gasteiger partial charge in [0.05, 0.1) is 18.6 Å². The lowest BCUT2D eigenvalue weighted by atomic mass is 10.3. The van der Waals surface area contributed by atoms with E-state index >= 15 is 0 Å². The number of nitrogens with one attached hydrogen (secondary N) is 1. The Bertz CT molecular complexity index is 611. The van der Waals surface area contributed by atoms with E-state index in [9.17, 15) is 4.79 Å². The standard InChI is InChI=1S/C12H13BrN4O/c1-8-4-3-5-9(16-8)6-17(2)11-10(13)12(18)15-7-14-11/h3-5,7H,6H2,1-2H3,(H,14,15,18). The summed E-state index contributed by atoms with van der Waals surface area (Å²) in [6, 6.07) is 5.86. The summed E-state index contributed by atoms with van der Waals surface area (Å²) in [6.07, 6.45) is 1.39. The molecule has 5 nitrogen and oxygen atoms in total. The summed E-state index contributed by atoms with van der Waals surface area (Å²) in [4.78, 5) is 24.4. The van der Waals surface area contributed by atoms with Crippen LogP contribution in [-0.2, 0) is 6.54 Å². The van der Waals surface area contributed by atoms with Crippen LogP contribution in [0.2, 0.25) is 0 Å². The molecule has 2 heterocycles.